The van der Waals surface area contributed by atoms with Gasteiger partial charge in [-0.25, -0.2) is 0 Å². The van der Waals surface area contributed by atoms with E-state index < -0.39 is 0 Å². The third kappa shape index (κ3) is 3.32. The molecule has 2 N–H and O–H groups in total. The predicted octanol–water partition coefficient (Wildman–Crippen LogP) is 4.10. The van der Waals surface area contributed by atoms with Crippen LogP contribution in [0.4, 0.5) is 5.69 Å². The van der Waals surface area contributed by atoms with Gasteiger partial charge in [-0.05, 0) is 76.3 Å². The van der Waals surface area contributed by atoms with Crippen molar-refractivity contribution in [1.29, 1.82) is 0 Å². The zero-order valence-electron chi connectivity index (χ0n) is 12.2. The van der Waals surface area contributed by atoms with Crippen LogP contribution in [0.25, 0.3) is 0 Å². The first-order valence-electron chi connectivity index (χ1n) is 7.18. The van der Waals surface area contributed by atoms with Gasteiger partial charge in [-0.15, -0.1) is 0 Å². The van der Waals surface area contributed by atoms with Crippen LogP contribution in [-0.4, -0.2) is 18.6 Å². The highest BCUT2D eigenvalue weighted by atomic mass is 79.9. The molecule has 106 valence electrons. The lowest BCUT2D eigenvalue weighted by molar-refractivity contribution is 0.282. The monoisotopic (exact) mass is 324 g/mol. The van der Waals surface area contributed by atoms with Gasteiger partial charge in [0.2, 0.25) is 0 Å². The third-order valence-corrected chi connectivity index (χ3v) is 5.25. The van der Waals surface area contributed by atoms with E-state index in [0.29, 0.717) is 0 Å². The van der Waals surface area contributed by atoms with E-state index in [1.54, 1.807) is 0 Å². The first-order chi connectivity index (χ1) is 8.94. The molecule has 0 aliphatic carbocycles. The minimum atomic E-state index is 0.241. The van der Waals surface area contributed by atoms with Gasteiger partial charge in [0.15, 0.2) is 0 Å². The van der Waals surface area contributed by atoms with Crippen molar-refractivity contribution < 1.29 is 0 Å². The van der Waals surface area contributed by atoms with E-state index in [2.05, 4.69) is 59.8 Å². The Morgan fingerprint density at radius 3 is 2.79 bits per heavy atom. The highest BCUT2D eigenvalue weighted by Gasteiger charge is 2.33. The number of piperidine rings is 1. The van der Waals surface area contributed by atoms with E-state index in [-0.39, 0.29) is 5.54 Å². The summed E-state index contributed by atoms with van der Waals surface area (Å²) in [6.45, 7) is 8.79. The molecule has 1 fully saturated rings. The first-order valence-corrected chi connectivity index (χ1v) is 7.97. The average molecular weight is 325 g/mol. The number of rotatable bonds is 3. The molecule has 1 aromatic rings. The summed E-state index contributed by atoms with van der Waals surface area (Å²) in [7, 11) is 0. The minimum absolute atomic E-state index is 0.241. The zero-order valence-corrected chi connectivity index (χ0v) is 13.8. The Morgan fingerprint density at radius 1 is 1.42 bits per heavy atom. The van der Waals surface area contributed by atoms with Crippen LogP contribution in [0.2, 0.25) is 0 Å². The van der Waals surface area contributed by atoms with Crippen molar-refractivity contribution in [3.63, 3.8) is 0 Å². The molecule has 0 radical (unpaired) electrons. The molecule has 2 nitrogen and oxygen atoms in total. The summed E-state index contributed by atoms with van der Waals surface area (Å²) < 4.78 is 1.18. The lowest BCUT2D eigenvalue weighted by atomic mass is 9.83. The first kappa shape index (κ1) is 14.9. The number of benzene rings is 1. The molecule has 19 heavy (non-hydrogen) atoms. The fourth-order valence-corrected chi connectivity index (χ4v) is 3.26. The molecule has 0 bridgehead atoms. The SMILES string of the molecule is Cc1cc(N2CC(CCN)CCC2(C)C)ccc1Br. The maximum absolute atomic E-state index is 5.73. The van der Waals surface area contributed by atoms with Crippen LogP contribution in [0.15, 0.2) is 22.7 Å². The highest BCUT2D eigenvalue weighted by molar-refractivity contribution is 9.10. The quantitative estimate of drug-likeness (QED) is 0.906. The van der Waals surface area contributed by atoms with Crippen molar-refractivity contribution in [3.05, 3.63) is 28.2 Å². The van der Waals surface area contributed by atoms with Crippen LogP contribution in [-0.2, 0) is 0 Å². The van der Waals surface area contributed by atoms with Crippen LogP contribution in [0.5, 0.6) is 0 Å². The zero-order chi connectivity index (χ0) is 14.0. The normalized spacial score (nSPS) is 22.6. The summed E-state index contributed by atoms with van der Waals surface area (Å²) in [5.74, 6) is 0.738. The summed E-state index contributed by atoms with van der Waals surface area (Å²) >= 11 is 3.58. The molecule has 1 unspecified atom stereocenters. The second kappa shape index (κ2) is 5.84. The average Bonchev–Trinajstić information content (AvgIpc) is 2.35. The van der Waals surface area contributed by atoms with E-state index in [0.717, 1.165) is 25.4 Å². The van der Waals surface area contributed by atoms with Gasteiger partial charge in [0.1, 0.15) is 0 Å². The van der Waals surface area contributed by atoms with Gasteiger partial charge in [-0.1, -0.05) is 15.9 Å². The van der Waals surface area contributed by atoms with Gasteiger partial charge >= 0.3 is 0 Å². The number of halogens is 1. The van der Waals surface area contributed by atoms with Gasteiger partial charge in [0.05, 0.1) is 0 Å². The molecule has 1 aliphatic heterocycles. The largest absolute Gasteiger partial charge is 0.366 e. The number of nitrogens with two attached hydrogens (primary N) is 1. The fourth-order valence-electron chi connectivity index (χ4n) is 3.01. The lowest BCUT2D eigenvalue weighted by Gasteiger charge is -2.47. The molecule has 3 heteroatoms. The molecule has 0 amide bonds. The van der Waals surface area contributed by atoms with Gasteiger partial charge in [0.25, 0.3) is 0 Å². The summed E-state index contributed by atoms with van der Waals surface area (Å²) in [4.78, 5) is 2.57. The smallest absolute Gasteiger partial charge is 0.0374 e. The van der Waals surface area contributed by atoms with Gasteiger partial charge in [-0.2, -0.15) is 0 Å². The van der Waals surface area contributed by atoms with E-state index in [4.69, 9.17) is 5.73 Å². The van der Waals surface area contributed by atoms with E-state index in [9.17, 15) is 0 Å². The van der Waals surface area contributed by atoms with Crippen molar-refractivity contribution in [3.8, 4) is 0 Å². The van der Waals surface area contributed by atoms with Gasteiger partial charge < -0.3 is 10.6 Å². The Kier molecular flexibility index (Phi) is 4.57. The Hall–Kier alpha value is -0.540. The molecule has 1 aromatic carbocycles. The van der Waals surface area contributed by atoms with Gasteiger partial charge in [0, 0.05) is 22.2 Å². The maximum atomic E-state index is 5.73. The summed E-state index contributed by atoms with van der Waals surface area (Å²) in [6.07, 6.45) is 3.69. The standard InChI is InChI=1S/C16H25BrN2/c1-12-10-14(4-5-15(12)17)19-11-13(7-9-18)6-8-16(19,2)3/h4-5,10,13H,6-9,11,18H2,1-3H3. The van der Waals surface area contributed by atoms with Crippen molar-refractivity contribution >= 4 is 21.6 Å². The number of anilines is 1. The summed E-state index contributed by atoms with van der Waals surface area (Å²) in [5, 5.41) is 0. The molecule has 1 aliphatic rings. The molecule has 2 rings (SSSR count). The van der Waals surface area contributed by atoms with Crippen molar-refractivity contribution in [2.24, 2.45) is 11.7 Å². The minimum Gasteiger partial charge on any atom is -0.366 e. The van der Waals surface area contributed by atoms with Crippen LogP contribution >= 0.6 is 15.9 Å². The maximum Gasteiger partial charge on any atom is 0.0374 e. The Morgan fingerprint density at radius 2 is 2.16 bits per heavy atom. The lowest BCUT2D eigenvalue weighted by Crippen LogP contribution is -2.51. The fraction of sp³-hybridized carbons (Fsp3) is 0.625. The molecule has 0 saturated carbocycles. The predicted molar refractivity (Wildman–Crippen MR) is 86.7 cm³/mol. The molecule has 1 saturated heterocycles. The molecule has 1 atom stereocenters. The molecule has 1 heterocycles. The second-order valence-corrected chi connectivity index (χ2v) is 7.19. The van der Waals surface area contributed by atoms with E-state index in [1.807, 2.05) is 0 Å². The molecular formula is C16H25BrN2. The van der Waals surface area contributed by atoms with Crippen LogP contribution in [0.1, 0.15) is 38.7 Å². The Bertz CT molecular complexity index is 442. The van der Waals surface area contributed by atoms with E-state index in [1.165, 1.54) is 28.6 Å². The topological polar surface area (TPSA) is 29.3 Å². The number of nitrogens with zero attached hydrogens (tertiary/aromatic N) is 1. The number of hydrogen-bond donors (Lipinski definition) is 1. The molecular weight excluding hydrogens is 300 g/mol. The third-order valence-electron chi connectivity index (χ3n) is 4.36. The molecule has 0 aromatic heterocycles. The Labute approximate surface area is 125 Å². The van der Waals surface area contributed by atoms with Gasteiger partial charge in [-0.3, -0.25) is 0 Å². The van der Waals surface area contributed by atoms with Crippen LogP contribution in [0.3, 0.4) is 0 Å². The molecule has 0 spiro atoms. The second-order valence-electron chi connectivity index (χ2n) is 6.34. The van der Waals surface area contributed by atoms with Crippen molar-refractivity contribution in [2.75, 3.05) is 18.0 Å². The number of aryl methyl sites for hydroxylation is 1. The Balaban J connectivity index is 2.25. The highest BCUT2D eigenvalue weighted by Crippen LogP contribution is 2.36. The van der Waals surface area contributed by atoms with E-state index >= 15 is 0 Å². The van der Waals surface area contributed by atoms with Crippen molar-refractivity contribution in [2.45, 2.75) is 45.6 Å². The van der Waals surface area contributed by atoms with Crippen LogP contribution in [0, 0.1) is 12.8 Å². The summed E-state index contributed by atoms with van der Waals surface area (Å²) in [6, 6.07) is 6.67. The van der Waals surface area contributed by atoms with Crippen LogP contribution < -0.4 is 10.6 Å². The summed E-state index contributed by atoms with van der Waals surface area (Å²) in [5.41, 5.74) is 8.61. The number of hydrogen-bond acceptors (Lipinski definition) is 2. The van der Waals surface area contributed by atoms with Crippen molar-refractivity contribution in [1.82, 2.24) is 0 Å².